The molecule has 5 heteroatoms. The number of carbonyl (C=O) groups excluding carboxylic acids is 1. The van der Waals surface area contributed by atoms with Gasteiger partial charge in [-0.05, 0) is 42.5 Å². The molecule has 0 saturated carbocycles. The molecule has 154 valence electrons. The van der Waals surface area contributed by atoms with Crippen molar-refractivity contribution in [3.63, 3.8) is 0 Å². The molecule has 0 saturated heterocycles. The molecule has 1 aliphatic heterocycles. The number of aliphatic hydroxyl groups excluding tert-OH is 1. The van der Waals surface area contributed by atoms with Gasteiger partial charge in [-0.15, -0.1) is 0 Å². The van der Waals surface area contributed by atoms with Crippen molar-refractivity contribution in [1.82, 2.24) is 0 Å². The number of carbonyl (C=O) groups is 1. The zero-order chi connectivity index (χ0) is 20.9. The maximum atomic E-state index is 13.0. The smallest absolute Gasteiger partial charge is 0.345 e. The Morgan fingerprint density at radius 3 is 2.41 bits per heavy atom. The highest BCUT2D eigenvalue weighted by Crippen LogP contribution is 2.40. The van der Waals surface area contributed by atoms with E-state index in [0.29, 0.717) is 31.4 Å². The monoisotopic (exact) mass is 395 g/mol. The lowest BCUT2D eigenvalue weighted by molar-refractivity contribution is -0.244. The minimum Gasteiger partial charge on any atom is -0.480 e. The van der Waals surface area contributed by atoms with Crippen LogP contribution < -0.4 is 5.73 Å². The highest BCUT2D eigenvalue weighted by Gasteiger charge is 2.45. The Morgan fingerprint density at radius 1 is 1.03 bits per heavy atom. The second kappa shape index (κ2) is 9.03. The van der Waals surface area contributed by atoms with Crippen LogP contribution in [-0.2, 0) is 20.7 Å². The van der Waals surface area contributed by atoms with E-state index in [0.717, 1.165) is 17.5 Å². The Labute approximate surface area is 172 Å². The second-order valence-electron chi connectivity index (χ2n) is 7.49. The summed E-state index contributed by atoms with van der Waals surface area (Å²) in [5.41, 5.74) is 8.64. The van der Waals surface area contributed by atoms with Gasteiger partial charge in [0, 0.05) is 24.4 Å². The van der Waals surface area contributed by atoms with Crippen molar-refractivity contribution in [3.05, 3.63) is 77.2 Å². The molecule has 2 aromatic rings. The first-order valence-electron chi connectivity index (χ1n) is 10.2. The van der Waals surface area contributed by atoms with Crippen molar-refractivity contribution in [1.29, 1.82) is 0 Å². The van der Waals surface area contributed by atoms with Crippen LogP contribution in [0.5, 0.6) is 0 Å². The van der Waals surface area contributed by atoms with Crippen LogP contribution in [0, 0.1) is 0 Å². The molecule has 0 aromatic heterocycles. The quantitative estimate of drug-likeness (QED) is 0.472. The maximum absolute atomic E-state index is 13.0. The fraction of sp³-hybridized carbons (Fsp3) is 0.375. The van der Waals surface area contributed by atoms with Crippen LogP contribution in [0.4, 0.5) is 5.69 Å². The van der Waals surface area contributed by atoms with Gasteiger partial charge in [0.15, 0.2) is 0 Å². The third kappa shape index (κ3) is 4.73. The fourth-order valence-electron chi connectivity index (χ4n) is 3.93. The second-order valence-corrected chi connectivity index (χ2v) is 7.49. The molecule has 0 amide bonds. The third-order valence-electron chi connectivity index (χ3n) is 5.35. The molecule has 0 spiro atoms. The molecule has 0 bridgehead atoms. The molecule has 3 rings (SSSR count). The average Bonchev–Trinajstić information content (AvgIpc) is 2.70. The topological polar surface area (TPSA) is 81.8 Å². The van der Waals surface area contributed by atoms with Crippen molar-refractivity contribution in [2.45, 2.75) is 57.7 Å². The summed E-state index contributed by atoms with van der Waals surface area (Å²) in [7, 11) is 0. The van der Waals surface area contributed by atoms with Crippen molar-refractivity contribution < 1.29 is 19.4 Å². The number of hydrogen-bond acceptors (Lipinski definition) is 5. The molecule has 0 fully saturated rings. The van der Waals surface area contributed by atoms with Gasteiger partial charge in [0.25, 0.3) is 11.7 Å². The Hall–Kier alpha value is -2.95. The molecule has 1 aliphatic rings. The number of aliphatic hydroxyl groups is 1. The van der Waals surface area contributed by atoms with Gasteiger partial charge in [-0.25, -0.2) is 4.79 Å². The van der Waals surface area contributed by atoms with Crippen LogP contribution >= 0.6 is 0 Å². The number of esters is 1. The summed E-state index contributed by atoms with van der Waals surface area (Å²) in [6.07, 6.45) is 3.04. The molecule has 3 N–H and O–H groups in total. The molecular formula is C24H29NO4. The lowest BCUT2D eigenvalue weighted by atomic mass is 9.88. The normalized spacial score (nSPS) is 20.1. The van der Waals surface area contributed by atoms with E-state index in [2.05, 4.69) is 0 Å². The van der Waals surface area contributed by atoms with Crippen LogP contribution in [0.15, 0.2) is 66.1 Å². The van der Waals surface area contributed by atoms with Gasteiger partial charge in [0.05, 0.1) is 0 Å². The van der Waals surface area contributed by atoms with Gasteiger partial charge in [0.2, 0.25) is 0 Å². The summed E-state index contributed by atoms with van der Waals surface area (Å²) in [6.45, 7) is 3.95. The number of ether oxygens (including phenoxy) is 2. The Bertz CT molecular complexity index is 877. The number of nitrogen functional groups attached to an aromatic ring is 1. The standard InChI is InChI=1S/C24H29NO4/c1-3-14-24(15-13-17-9-6-5-7-10-17)28-22(26)21(23(27)29-24)20(4-2)18-11-8-12-19(25)16-18/h5-12,16,20,26H,3-4,13-15,25H2,1-2H3. The first-order valence-corrected chi connectivity index (χ1v) is 10.2. The fourth-order valence-corrected chi connectivity index (χ4v) is 3.93. The predicted octanol–water partition coefficient (Wildman–Crippen LogP) is 5.23. The number of rotatable bonds is 8. The molecular weight excluding hydrogens is 366 g/mol. The number of nitrogens with two attached hydrogens (primary N) is 1. The summed E-state index contributed by atoms with van der Waals surface area (Å²) >= 11 is 0. The summed E-state index contributed by atoms with van der Waals surface area (Å²) < 4.78 is 11.8. The first kappa shape index (κ1) is 20.8. The van der Waals surface area contributed by atoms with Crippen LogP contribution in [0.25, 0.3) is 0 Å². The zero-order valence-corrected chi connectivity index (χ0v) is 17.1. The number of benzene rings is 2. The summed E-state index contributed by atoms with van der Waals surface area (Å²) in [4.78, 5) is 13.0. The molecule has 2 atom stereocenters. The van der Waals surface area contributed by atoms with E-state index in [1.54, 1.807) is 6.07 Å². The first-order chi connectivity index (χ1) is 14.0. The van der Waals surface area contributed by atoms with Crippen molar-refractivity contribution in [3.8, 4) is 0 Å². The molecule has 2 unspecified atom stereocenters. The number of cyclic esters (lactones) is 1. The van der Waals surface area contributed by atoms with E-state index in [1.165, 1.54) is 0 Å². The van der Waals surface area contributed by atoms with Crippen molar-refractivity contribution in [2.75, 3.05) is 5.73 Å². The summed E-state index contributed by atoms with van der Waals surface area (Å²) in [5, 5.41) is 10.8. The van der Waals surface area contributed by atoms with Crippen LogP contribution in [0.3, 0.4) is 0 Å². The van der Waals surface area contributed by atoms with Crippen LogP contribution in [-0.4, -0.2) is 16.9 Å². The van der Waals surface area contributed by atoms with E-state index in [1.807, 2.05) is 62.4 Å². The largest absolute Gasteiger partial charge is 0.480 e. The van der Waals surface area contributed by atoms with Crippen molar-refractivity contribution >= 4 is 11.7 Å². The van der Waals surface area contributed by atoms with Gasteiger partial charge in [0.1, 0.15) is 5.57 Å². The molecule has 5 nitrogen and oxygen atoms in total. The zero-order valence-electron chi connectivity index (χ0n) is 17.1. The van der Waals surface area contributed by atoms with Gasteiger partial charge in [-0.3, -0.25) is 0 Å². The highest BCUT2D eigenvalue weighted by atomic mass is 16.8. The van der Waals surface area contributed by atoms with E-state index in [4.69, 9.17) is 15.2 Å². The summed E-state index contributed by atoms with van der Waals surface area (Å²) in [5.74, 6) is -2.36. The third-order valence-corrected chi connectivity index (χ3v) is 5.35. The number of anilines is 1. The molecule has 2 aromatic carbocycles. The average molecular weight is 395 g/mol. The molecule has 0 radical (unpaired) electrons. The maximum Gasteiger partial charge on any atom is 0.345 e. The number of hydrogen-bond donors (Lipinski definition) is 2. The van der Waals surface area contributed by atoms with Crippen molar-refractivity contribution in [2.24, 2.45) is 0 Å². The molecule has 29 heavy (non-hydrogen) atoms. The van der Waals surface area contributed by atoms with E-state index < -0.39 is 11.8 Å². The van der Waals surface area contributed by atoms with Crippen LogP contribution in [0.2, 0.25) is 0 Å². The summed E-state index contributed by atoms with van der Waals surface area (Å²) in [6, 6.07) is 17.3. The van der Waals surface area contributed by atoms with Gasteiger partial charge < -0.3 is 20.3 Å². The number of aryl methyl sites for hydroxylation is 1. The SMILES string of the molecule is CCCC1(CCc2ccccc2)OC(=O)C(C(CC)c2cccc(N)c2)=C(O)O1. The van der Waals surface area contributed by atoms with E-state index >= 15 is 0 Å². The Morgan fingerprint density at radius 2 is 1.79 bits per heavy atom. The molecule has 0 aliphatic carbocycles. The van der Waals surface area contributed by atoms with Crippen LogP contribution in [0.1, 0.15) is 56.6 Å². The lowest BCUT2D eigenvalue weighted by Crippen LogP contribution is -2.43. The van der Waals surface area contributed by atoms with E-state index in [-0.39, 0.29) is 17.4 Å². The molecule has 1 heterocycles. The Kier molecular flexibility index (Phi) is 6.47. The van der Waals surface area contributed by atoms with Gasteiger partial charge in [-0.1, -0.05) is 56.3 Å². The minimum atomic E-state index is -1.15. The minimum absolute atomic E-state index is 0.157. The lowest BCUT2D eigenvalue weighted by Gasteiger charge is -2.38. The predicted molar refractivity (Wildman–Crippen MR) is 113 cm³/mol. The van der Waals surface area contributed by atoms with E-state index in [9.17, 15) is 9.90 Å². The Balaban J connectivity index is 1.87. The van der Waals surface area contributed by atoms with Gasteiger partial charge >= 0.3 is 5.97 Å². The van der Waals surface area contributed by atoms with Gasteiger partial charge in [-0.2, -0.15) is 0 Å². The highest BCUT2D eigenvalue weighted by molar-refractivity contribution is 5.91.